The molecule has 1 aromatic carbocycles. The molecule has 162 valence electrons. The molecule has 0 aliphatic carbocycles. The Hall–Kier alpha value is -3.04. The summed E-state index contributed by atoms with van der Waals surface area (Å²) in [6, 6.07) is 6.05. The third-order valence-corrected chi connectivity index (χ3v) is 4.96. The highest BCUT2D eigenvalue weighted by atomic mass is 19.4. The van der Waals surface area contributed by atoms with Crippen molar-refractivity contribution in [2.75, 3.05) is 37.5 Å². The molecule has 3 rings (SSSR count). The Morgan fingerprint density at radius 2 is 1.77 bits per heavy atom. The van der Waals surface area contributed by atoms with Crippen LogP contribution in [0.25, 0.3) is 0 Å². The Morgan fingerprint density at radius 3 is 2.37 bits per heavy atom. The number of carbonyl (C=O) groups is 1. The number of alkyl halides is 3. The first-order chi connectivity index (χ1) is 14.2. The third-order valence-electron chi connectivity index (χ3n) is 4.96. The minimum Gasteiger partial charge on any atom is -0.493 e. The van der Waals surface area contributed by atoms with E-state index in [1.165, 1.54) is 21.1 Å². The monoisotopic (exact) mass is 424 g/mol. The first kappa shape index (κ1) is 21.7. The van der Waals surface area contributed by atoms with Crippen molar-refractivity contribution >= 4 is 17.4 Å². The van der Waals surface area contributed by atoms with E-state index in [1.54, 1.807) is 23.1 Å². The minimum absolute atomic E-state index is 0.0631. The number of benzene rings is 1. The van der Waals surface area contributed by atoms with Crippen molar-refractivity contribution in [2.24, 2.45) is 5.92 Å². The summed E-state index contributed by atoms with van der Waals surface area (Å²) in [5.74, 6) is 0.963. The zero-order valence-corrected chi connectivity index (χ0v) is 16.9. The Balaban J connectivity index is 1.63. The molecule has 1 aromatic heterocycles. The lowest BCUT2D eigenvalue weighted by Crippen LogP contribution is -2.38. The van der Waals surface area contributed by atoms with E-state index >= 15 is 0 Å². The molecule has 1 fully saturated rings. The van der Waals surface area contributed by atoms with Crippen LogP contribution in [0.15, 0.2) is 24.3 Å². The smallest absolute Gasteiger partial charge is 0.433 e. The lowest BCUT2D eigenvalue weighted by Gasteiger charge is -2.32. The second-order valence-electron chi connectivity index (χ2n) is 6.98. The summed E-state index contributed by atoms with van der Waals surface area (Å²) in [5.41, 5.74) is -0.375. The van der Waals surface area contributed by atoms with E-state index in [-0.39, 0.29) is 23.5 Å². The van der Waals surface area contributed by atoms with Gasteiger partial charge < -0.3 is 19.7 Å². The number of amides is 1. The maximum atomic E-state index is 13.0. The van der Waals surface area contributed by atoms with Crippen molar-refractivity contribution in [2.45, 2.75) is 25.9 Å². The van der Waals surface area contributed by atoms with E-state index in [0.717, 1.165) is 6.07 Å². The Kier molecular flexibility index (Phi) is 6.33. The van der Waals surface area contributed by atoms with E-state index in [2.05, 4.69) is 15.3 Å². The number of aryl methyl sites for hydroxylation is 1. The molecule has 2 aromatic rings. The maximum absolute atomic E-state index is 13.0. The largest absolute Gasteiger partial charge is 0.493 e. The number of methoxy groups -OCH3 is 2. The van der Waals surface area contributed by atoms with Crippen LogP contribution in [0, 0.1) is 12.8 Å². The van der Waals surface area contributed by atoms with Crippen LogP contribution < -0.4 is 19.7 Å². The molecular weight excluding hydrogens is 401 g/mol. The van der Waals surface area contributed by atoms with Gasteiger partial charge in [-0.3, -0.25) is 4.79 Å². The highest BCUT2D eigenvalue weighted by molar-refractivity contribution is 5.93. The molecule has 0 saturated carbocycles. The van der Waals surface area contributed by atoms with Crippen LogP contribution >= 0.6 is 0 Å². The summed E-state index contributed by atoms with van der Waals surface area (Å²) in [5, 5.41) is 2.86. The molecule has 2 heterocycles. The van der Waals surface area contributed by atoms with Gasteiger partial charge in [-0.05, 0) is 31.9 Å². The summed E-state index contributed by atoms with van der Waals surface area (Å²) >= 11 is 0. The fraction of sp³-hybridized carbons (Fsp3) is 0.450. The normalized spacial score (nSPS) is 15.1. The van der Waals surface area contributed by atoms with Crippen molar-refractivity contribution in [3.8, 4) is 11.5 Å². The molecule has 1 amide bonds. The van der Waals surface area contributed by atoms with Crippen LogP contribution in [0.1, 0.15) is 24.4 Å². The van der Waals surface area contributed by atoms with Gasteiger partial charge in [-0.1, -0.05) is 0 Å². The van der Waals surface area contributed by atoms with Crippen LogP contribution in [0.4, 0.5) is 24.7 Å². The summed E-state index contributed by atoms with van der Waals surface area (Å²) in [7, 11) is 3.04. The topological polar surface area (TPSA) is 76.6 Å². The average Bonchev–Trinajstić information content (AvgIpc) is 2.72. The van der Waals surface area contributed by atoms with Gasteiger partial charge in [0.25, 0.3) is 0 Å². The lowest BCUT2D eigenvalue weighted by atomic mass is 9.95. The van der Waals surface area contributed by atoms with Gasteiger partial charge in [0.05, 0.1) is 14.2 Å². The van der Waals surface area contributed by atoms with Crippen LogP contribution in [-0.4, -0.2) is 43.2 Å². The minimum atomic E-state index is -4.53. The molecule has 0 spiro atoms. The number of hydrogen-bond donors (Lipinski definition) is 1. The maximum Gasteiger partial charge on any atom is 0.433 e. The molecule has 1 N–H and O–H groups in total. The Labute approximate surface area is 172 Å². The molecule has 0 bridgehead atoms. The number of nitrogens with one attached hydrogen (secondary N) is 1. The standard InChI is InChI=1S/C20H23F3N4O3/c1-12-24-17(20(21,22)23)11-18(25-12)27-8-6-13(7-9-27)19(28)26-14-4-5-15(29-2)16(10-14)30-3/h4-5,10-11,13H,6-9H2,1-3H3,(H,26,28). The van der Waals surface area contributed by atoms with E-state index in [0.29, 0.717) is 43.1 Å². The van der Waals surface area contributed by atoms with Gasteiger partial charge in [0.1, 0.15) is 17.3 Å². The number of anilines is 2. The van der Waals surface area contributed by atoms with Crippen molar-refractivity contribution in [3.63, 3.8) is 0 Å². The molecule has 1 aliphatic rings. The predicted molar refractivity (Wildman–Crippen MR) is 105 cm³/mol. The zero-order chi connectivity index (χ0) is 21.9. The van der Waals surface area contributed by atoms with Gasteiger partial charge in [0.15, 0.2) is 11.5 Å². The fourth-order valence-corrected chi connectivity index (χ4v) is 3.39. The van der Waals surface area contributed by atoms with Gasteiger partial charge >= 0.3 is 6.18 Å². The van der Waals surface area contributed by atoms with Crippen molar-refractivity contribution in [1.82, 2.24) is 9.97 Å². The SMILES string of the molecule is COc1ccc(NC(=O)C2CCN(c3cc(C(F)(F)F)nc(C)n3)CC2)cc1OC. The average molecular weight is 424 g/mol. The summed E-state index contributed by atoms with van der Waals surface area (Å²) in [6.45, 7) is 2.29. The highest BCUT2D eigenvalue weighted by Gasteiger charge is 2.34. The number of aromatic nitrogens is 2. The van der Waals surface area contributed by atoms with Gasteiger partial charge in [-0.25, -0.2) is 9.97 Å². The Bertz CT molecular complexity index is 913. The van der Waals surface area contributed by atoms with E-state index in [1.807, 2.05) is 0 Å². The molecule has 7 nitrogen and oxygen atoms in total. The number of halogens is 3. The van der Waals surface area contributed by atoms with Crippen LogP contribution in [0.5, 0.6) is 11.5 Å². The number of ether oxygens (including phenoxy) is 2. The number of rotatable bonds is 5. The molecule has 30 heavy (non-hydrogen) atoms. The van der Waals surface area contributed by atoms with Crippen LogP contribution in [0.2, 0.25) is 0 Å². The van der Waals surface area contributed by atoms with Crippen LogP contribution in [0.3, 0.4) is 0 Å². The second kappa shape index (κ2) is 8.76. The number of carbonyl (C=O) groups excluding carboxylic acids is 1. The number of piperidine rings is 1. The van der Waals surface area contributed by atoms with Crippen molar-refractivity contribution < 1.29 is 27.4 Å². The third kappa shape index (κ3) is 4.92. The first-order valence-electron chi connectivity index (χ1n) is 9.42. The second-order valence-corrected chi connectivity index (χ2v) is 6.98. The van der Waals surface area contributed by atoms with Gasteiger partial charge in [-0.15, -0.1) is 0 Å². The van der Waals surface area contributed by atoms with Gasteiger partial charge in [0, 0.05) is 36.8 Å². The molecule has 10 heteroatoms. The molecule has 1 saturated heterocycles. The van der Waals surface area contributed by atoms with Crippen LogP contribution in [-0.2, 0) is 11.0 Å². The number of nitrogens with zero attached hydrogens (tertiary/aromatic N) is 3. The molecule has 1 aliphatic heterocycles. The lowest BCUT2D eigenvalue weighted by molar-refractivity contribution is -0.141. The van der Waals surface area contributed by atoms with Crippen molar-refractivity contribution in [3.05, 3.63) is 35.8 Å². The van der Waals surface area contributed by atoms with E-state index in [9.17, 15) is 18.0 Å². The van der Waals surface area contributed by atoms with Gasteiger partial charge in [-0.2, -0.15) is 13.2 Å². The quantitative estimate of drug-likeness (QED) is 0.789. The predicted octanol–water partition coefficient (Wildman–Crippen LogP) is 3.68. The van der Waals surface area contributed by atoms with E-state index < -0.39 is 11.9 Å². The number of hydrogen-bond acceptors (Lipinski definition) is 6. The Morgan fingerprint density at radius 1 is 1.10 bits per heavy atom. The molecule has 0 radical (unpaired) electrons. The molecule has 0 atom stereocenters. The summed E-state index contributed by atoms with van der Waals surface area (Å²) in [6.07, 6.45) is -3.52. The highest BCUT2D eigenvalue weighted by Crippen LogP contribution is 2.32. The molecular formula is C20H23F3N4O3. The van der Waals surface area contributed by atoms with Crippen molar-refractivity contribution in [1.29, 1.82) is 0 Å². The fourth-order valence-electron chi connectivity index (χ4n) is 3.39. The van der Waals surface area contributed by atoms with E-state index in [4.69, 9.17) is 9.47 Å². The summed E-state index contributed by atoms with van der Waals surface area (Å²) < 4.78 is 49.5. The molecule has 0 unspecified atom stereocenters. The summed E-state index contributed by atoms with van der Waals surface area (Å²) in [4.78, 5) is 22.0. The van der Waals surface area contributed by atoms with Gasteiger partial charge in [0.2, 0.25) is 5.91 Å². The first-order valence-corrected chi connectivity index (χ1v) is 9.42. The zero-order valence-electron chi connectivity index (χ0n) is 16.9.